The second-order valence-corrected chi connectivity index (χ2v) is 8.00. The van der Waals surface area contributed by atoms with E-state index in [0.29, 0.717) is 24.0 Å². The molecule has 2 aliphatic carbocycles. The third-order valence-electron chi connectivity index (χ3n) is 6.30. The first-order chi connectivity index (χ1) is 13.6. The number of amides is 1. The Labute approximate surface area is 162 Å². The van der Waals surface area contributed by atoms with E-state index >= 15 is 0 Å². The lowest BCUT2D eigenvalue weighted by Crippen LogP contribution is -2.42. The Kier molecular flexibility index (Phi) is 4.05. The lowest BCUT2D eigenvalue weighted by Gasteiger charge is -2.27. The molecule has 28 heavy (non-hydrogen) atoms. The molecule has 2 fully saturated rings. The van der Waals surface area contributed by atoms with Gasteiger partial charge < -0.3 is 11.1 Å². The van der Waals surface area contributed by atoms with E-state index in [1.165, 1.54) is 9.08 Å². The topological polar surface area (TPSA) is 94.4 Å². The molecule has 0 spiro atoms. The van der Waals surface area contributed by atoms with Crippen LogP contribution in [0.5, 0.6) is 0 Å². The Bertz CT molecular complexity index is 1100. The molecule has 2 heterocycles. The smallest absolute Gasteiger partial charge is 0.327 e. The maximum Gasteiger partial charge on any atom is 0.350 e. The second-order valence-electron chi connectivity index (χ2n) is 8.00. The number of nitrogens with two attached hydrogens (primary N) is 1. The molecule has 0 radical (unpaired) electrons. The summed E-state index contributed by atoms with van der Waals surface area (Å²) in [6, 6.07) is 13.0. The summed E-state index contributed by atoms with van der Waals surface area (Å²) in [6.45, 7) is 0.345. The first-order valence-corrected chi connectivity index (χ1v) is 9.80. The predicted octanol–water partition coefficient (Wildman–Crippen LogP) is 1.86. The number of anilines is 1. The van der Waals surface area contributed by atoms with Gasteiger partial charge in [-0.1, -0.05) is 18.2 Å². The number of carbonyl (C=O) groups excluding carboxylic acids is 1. The highest BCUT2D eigenvalue weighted by atomic mass is 16.2. The minimum Gasteiger partial charge on any atom is -0.327 e. The van der Waals surface area contributed by atoms with Gasteiger partial charge in [-0.3, -0.25) is 9.20 Å². The number of carbonyl (C=O) groups is 1. The Hall–Kier alpha value is -2.93. The van der Waals surface area contributed by atoms with Gasteiger partial charge in [0, 0.05) is 17.9 Å². The Balaban J connectivity index is 1.34. The van der Waals surface area contributed by atoms with Gasteiger partial charge in [0.15, 0.2) is 5.65 Å². The van der Waals surface area contributed by atoms with Crippen LogP contribution in [0.1, 0.15) is 24.8 Å². The van der Waals surface area contributed by atoms with Crippen molar-refractivity contribution in [1.82, 2.24) is 14.2 Å². The van der Waals surface area contributed by atoms with Crippen molar-refractivity contribution < 1.29 is 4.79 Å². The first-order valence-electron chi connectivity index (χ1n) is 9.80. The van der Waals surface area contributed by atoms with Gasteiger partial charge in [0.05, 0.1) is 12.5 Å². The van der Waals surface area contributed by atoms with E-state index in [1.54, 1.807) is 18.3 Å². The molecule has 0 aliphatic heterocycles. The van der Waals surface area contributed by atoms with Crippen molar-refractivity contribution in [2.45, 2.75) is 31.8 Å². The summed E-state index contributed by atoms with van der Waals surface area (Å²) in [5, 5.41) is 7.39. The molecule has 2 aliphatic rings. The van der Waals surface area contributed by atoms with Gasteiger partial charge in [0.2, 0.25) is 5.91 Å². The standard InChI is InChI=1S/C21H23N5O2/c22-19-15-8-7-14(11-15)18(19)20(27)23-16-5-3-4-13(10-16)12-26-21(28)25-9-2-1-6-17(25)24-26/h1-6,9-10,14-15,18-19H,7-8,11-12,22H2,(H,23,27). The van der Waals surface area contributed by atoms with Crippen LogP contribution < -0.4 is 16.7 Å². The number of hydrogen-bond donors (Lipinski definition) is 2. The van der Waals surface area contributed by atoms with Crippen LogP contribution in [0.25, 0.3) is 5.65 Å². The Morgan fingerprint density at radius 1 is 1.18 bits per heavy atom. The van der Waals surface area contributed by atoms with E-state index in [0.717, 1.165) is 30.5 Å². The highest BCUT2D eigenvalue weighted by molar-refractivity contribution is 5.93. The number of benzene rings is 1. The minimum absolute atomic E-state index is 0.0155. The lowest BCUT2D eigenvalue weighted by atomic mass is 9.84. The normalized spacial score (nSPS) is 26.0. The van der Waals surface area contributed by atoms with E-state index in [-0.39, 0.29) is 23.6 Å². The fraction of sp³-hybridized carbons (Fsp3) is 0.381. The van der Waals surface area contributed by atoms with Crippen molar-refractivity contribution in [2.75, 3.05) is 5.32 Å². The summed E-state index contributed by atoms with van der Waals surface area (Å²) in [4.78, 5) is 25.3. The average molecular weight is 377 g/mol. The van der Waals surface area contributed by atoms with Crippen LogP contribution in [0.4, 0.5) is 5.69 Å². The first kappa shape index (κ1) is 17.2. The van der Waals surface area contributed by atoms with Crippen LogP contribution in [0.3, 0.4) is 0 Å². The van der Waals surface area contributed by atoms with Gasteiger partial charge in [-0.15, -0.1) is 5.10 Å². The molecule has 3 N–H and O–H groups in total. The van der Waals surface area contributed by atoms with Gasteiger partial charge in [-0.25, -0.2) is 9.48 Å². The SMILES string of the molecule is NC1C2CCC(C2)C1C(=O)Nc1cccc(Cn2nc3ccccn3c2=O)c1. The van der Waals surface area contributed by atoms with Gasteiger partial charge in [-0.2, -0.15) is 0 Å². The molecule has 1 amide bonds. The molecule has 2 saturated carbocycles. The average Bonchev–Trinajstić information content (AvgIpc) is 3.36. The summed E-state index contributed by atoms with van der Waals surface area (Å²) in [5.74, 6) is 0.832. The van der Waals surface area contributed by atoms with Crippen LogP contribution in [-0.2, 0) is 11.3 Å². The van der Waals surface area contributed by atoms with Gasteiger partial charge >= 0.3 is 5.69 Å². The fourth-order valence-electron chi connectivity index (χ4n) is 4.94. The summed E-state index contributed by atoms with van der Waals surface area (Å²) in [6.07, 6.45) is 5.04. The summed E-state index contributed by atoms with van der Waals surface area (Å²) >= 11 is 0. The maximum absolute atomic E-state index is 12.8. The van der Waals surface area contributed by atoms with Crippen molar-refractivity contribution >= 4 is 17.2 Å². The molecule has 7 nitrogen and oxygen atoms in total. The van der Waals surface area contributed by atoms with Crippen molar-refractivity contribution in [2.24, 2.45) is 23.5 Å². The summed E-state index contributed by atoms with van der Waals surface area (Å²) in [5.41, 5.74) is 8.36. The molecular formula is C21H23N5O2. The van der Waals surface area contributed by atoms with Crippen LogP contribution in [0.2, 0.25) is 0 Å². The van der Waals surface area contributed by atoms with E-state index in [2.05, 4.69) is 10.4 Å². The fourth-order valence-corrected chi connectivity index (χ4v) is 4.94. The molecule has 144 valence electrons. The Morgan fingerprint density at radius 2 is 2.04 bits per heavy atom. The van der Waals surface area contributed by atoms with Crippen LogP contribution >= 0.6 is 0 Å². The molecular weight excluding hydrogens is 354 g/mol. The number of nitrogens with zero attached hydrogens (tertiary/aromatic N) is 3. The number of aromatic nitrogens is 3. The highest BCUT2D eigenvalue weighted by Gasteiger charge is 2.49. The number of hydrogen-bond acceptors (Lipinski definition) is 4. The lowest BCUT2D eigenvalue weighted by molar-refractivity contribution is -0.121. The summed E-state index contributed by atoms with van der Waals surface area (Å²) < 4.78 is 2.95. The van der Waals surface area contributed by atoms with E-state index in [4.69, 9.17) is 5.73 Å². The van der Waals surface area contributed by atoms with Crippen molar-refractivity contribution in [3.63, 3.8) is 0 Å². The zero-order valence-electron chi connectivity index (χ0n) is 15.5. The zero-order valence-corrected chi connectivity index (χ0v) is 15.5. The van der Waals surface area contributed by atoms with Crippen LogP contribution in [0.15, 0.2) is 53.5 Å². The highest BCUT2D eigenvalue weighted by Crippen LogP contribution is 2.47. The van der Waals surface area contributed by atoms with Crippen molar-refractivity contribution in [3.8, 4) is 0 Å². The van der Waals surface area contributed by atoms with Crippen LogP contribution in [0, 0.1) is 17.8 Å². The Morgan fingerprint density at radius 3 is 2.82 bits per heavy atom. The van der Waals surface area contributed by atoms with Gasteiger partial charge in [0.1, 0.15) is 0 Å². The largest absolute Gasteiger partial charge is 0.350 e. The molecule has 4 atom stereocenters. The van der Waals surface area contributed by atoms with Crippen LogP contribution in [-0.4, -0.2) is 26.1 Å². The maximum atomic E-state index is 12.8. The van der Waals surface area contributed by atoms with Crippen molar-refractivity contribution in [3.05, 3.63) is 64.7 Å². The molecule has 7 heteroatoms. The number of nitrogens with one attached hydrogen (secondary N) is 1. The quantitative estimate of drug-likeness (QED) is 0.726. The molecule has 4 unspecified atom stereocenters. The number of rotatable bonds is 4. The van der Waals surface area contributed by atoms with E-state index < -0.39 is 0 Å². The van der Waals surface area contributed by atoms with E-state index in [1.807, 2.05) is 30.3 Å². The summed E-state index contributed by atoms with van der Waals surface area (Å²) in [7, 11) is 0. The second kappa shape index (κ2) is 6.60. The molecule has 1 aromatic carbocycles. The van der Waals surface area contributed by atoms with E-state index in [9.17, 15) is 9.59 Å². The van der Waals surface area contributed by atoms with Crippen molar-refractivity contribution in [1.29, 1.82) is 0 Å². The molecule has 0 saturated heterocycles. The third-order valence-corrected chi connectivity index (χ3v) is 6.30. The predicted molar refractivity (Wildman–Crippen MR) is 106 cm³/mol. The minimum atomic E-state index is -0.182. The number of fused-ring (bicyclic) bond motifs is 3. The van der Waals surface area contributed by atoms with Gasteiger partial charge in [0.25, 0.3) is 0 Å². The molecule has 2 bridgehead atoms. The number of pyridine rings is 1. The zero-order chi connectivity index (χ0) is 19.3. The third kappa shape index (κ3) is 2.82. The monoisotopic (exact) mass is 377 g/mol. The molecule has 2 aromatic heterocycles. The van der Waals surface area contributed by atoms with Gasteiger partial charge in [-0.05, 0) is 60.9 Å². The molecule has 5 rings (SSSR count). The molecule has 3 aromatic rings.